The van der Waals surface area contributed by atoms with E-state index in [1.54, 1.807) is 0 Å². The Balaban J connectivity index is 2.29. The summed E-state index contributed by atoms with van der Waals surface area (Å²) in [6.45, 7) is 10.6. The molecule has 2 amide bonds. The van der Waals surface area contributed by atoms with E-state index in [4.69, 9.17) is 0 Å². The third-order valence-corrected chi connectivity index (χ3v) is 5.05. The predicted molar refractivity (Wildman–Crippen MR) is 83.7 cm³/mol. The molecule has 0 radical (unpaired) electrons. The third-order valence-electron chi connectivity index (χ3n) is 5.05. The topological polar surface area (TPSA) is 49.4 Å². The van der Waals surface area contributed by atoms with Gasteiger partial charge in [0, 0.05) is 6.04 Å². The van der Waals surface area contributed by atoms with E-state index in [1.807, 2.05) is 25.7 Å². The molecule has 1 N–H and O–H groups in total. The number of hydrogen-bond acceptors (Lipinski definition) is 2. The van der Waals surface area contributed by atoms with E-state index < -0.39 is 0 Å². The quantitative estimate of drug-likeness (QED) is 0.870. The molecule has 21 heavy (non-hydrogen) atoms. The number of carbonyl (C=O) groups is 2. The molecule has 1 heterocycles. The van der Waals surface area contributed by atoms with Crippen molar-refractivity contribution in [1.82, 2.24) is 10.2 Å². The lowest BCUT2D eigenvalue weighted by Crippen LogP contribution is -2.67. The van der Waals surface area contributed by atoms with E-state index in [1.165, 1.54) is 6.42 Å². The molecule has 0 aromatic carbocycles. The fourth-order valence-corrected chi connectivity index (χ4v) is 3.97. The highest BCUT2D eigenvalue weighted by atomic mass is 16.2. The zero-order valence-electron chi connectivity index (χ0n) is 14.1. The number of nitrogens with zero attached hydrogens (tertiary/aromatic N) is 1. The van der Waals surface area contributed by atoms with Gasteiger partial charge in [-0.3, -0.25) is 9.59 Å². The summed E-state index contributed by atoms with van der Waals surface area (Å²) in [6, 6.07) is -0.425. The van der Waals surface area contributed by atoms with Crippen LogP contribution in [0.2, 0.25) is 0 Å². The van der Waals surface area contributed by atoms with Crippen LogP contribution in [0.15, 0.2) is 0 Å². The monoisotopic (exact) mass is 294 g/mol. The van der Waals surface area contributed by atoms with Gasteiger partial charge in [0.25, 0.3) is 0 Å². The SMILES string of the molecule is CCC1NC(=O)C(C(C)C)N(C2CCCC(C)(C)C2)C1=O. The molecule has 0 aromatic rings. The second-order valence-electron chi connectivity index (χ2n) is 7.82. The van der Waals surface area contributed by atoms with Crippen molar-refractivity contribution in [3.63, 3.8) is 0 Å². The molecule has 120 valence electrons. The van der Waals surface area contributed by atoms with Gasteiger partial charge in [-0.1, -0.05) is 41.0 Å². The lowest BCUT2D eigenvalue weighted by molar-refractivity contribution is -0.156. The first-order valence-corrected chi connectivity index (χ1v) is 8.39. The number of nitrogens with one attached hydrogen (secondary N) is 1. The van der Waals surface area contributed by atoms with Gasteiger partial charge in [0.15, 0.2) is 0 Å². The van der Waals surface area contributed by atoms with Crippen molar-refractivity contribution in [2.45, 2.75) is 84.8 Å². The Labute approximate surface area is 128 Å². The summed E-state index contributed by atoms with van der Waals surface area (Å²) in [5, 5.41) is 2.91. The molecule has 3 unspecified atom stereocenters. The summed E-state index contributed by atoms with van der Waals surface area (Å²) >= 11 is 0. The molecular formula is C17H30N2O2. The van der Waals surface area contributed by atoms with E-state index in [0.717, 1.165) is 19.3 Å². The molecule has 2 aliphatic rings. The number of carbonyl (C=O) groups excluding carboxylic acids is 2. The first kappa shape index (κ1) is 16.3. The smallest absolute Gasteiger partial charge is 0.246 e. The minimum Gasteiger partial charge on any atom is -0.343 e. The summed E-state index contributed by atoms with van der Waals surface area (Å²) in [4.78, 5) is 27.2. The average molecular weight is 294 g/mol. The van der Waals surface area contributed by atoms with Crippen LogP contribution in [0.25, 0.3) is 0 Å². The summed E-state index contributed by atoms with van der Waals surface area (Å²) in [6.07, 6.45) is 5.06. The predicted octanol–water partition coefficient (Wildman–Crippen LogP) is 2.72. The fraction of sp³-hybridized carbons (Fsp3) is 0.882. The molecule has 4 nitrogen and oxygen atoms in total. The maximum atomic E-state index is 12.8. The van der Waals surface area contributed by atoms with Crippen LogP contribution < -0.4 is 5.32 Å². The molecule has 1 aliphatic carbocycles. The zero-order chi connectivity index (χ0) is 15.8. The molecule has 3 atom stereocenters. The van der Waals surface area contributed by atoms with E-state index in [0.29, 0.717) is 6.42 Å². The van der Waals surface area contributed by atoms with Crippen molar-refractivity contribution in [2.75, 3.05) is 0 Å². The number of rotatable bonds is 3. The Morgan fingerprint density at radius 3 is 2.52 bits per heavy atom. The maximum Gasteiger partial charge on any atom is 0.246 e. The van der Waals surface area contributed by atoms with Crippen molar-refractivity contribution in [2.24, 2.45) is 11.3 Å². The molecule has 4 heteroatoms. The van der Waals surface area contributed by atoms with Crippen LogP contribution in [-0.2, 0) is 9.59 Å². The van der Waals surface area contributed by atoms with Crippen LogP contribution in [0, 0.1) is 11.3 Å². The van der Waals surface area contributed by atoms with Crippen LogP contribution >= 0.6 is 0 Å². The molecule has 0 spiro atoms. The van der Waals surface area contributed by atoms with Gasteiger partial charge in [0.05, 0.1) is 0 Å². The first-order valence-electron chi connectivity index (χ1n) is 8.39. The molecule has 0 bridgehead atoms. The lowest BCUT2D eigenvalue weighted by Gasteiger charge is -2.48. The Morgan fingerprint density at radius 1 is 1.33 bits per heavy atom. The van der Waals surface area contributed by atoms with Crippen molar-refractivity contribution in [3.05, 3.63) is 0 Å². The van der Waals surface area contributed by atoms with Gasteiger partial charge in [0.1, 0.15) is 12.1 Å². The van der Waals surface area contributed by atoms with Crippen LogP contribution in [0.1, 0.15) is 66.7 Å². The maximum absolute atomic E-state index is 12.8. The second kappa shape index (κ2) is 5.98. The number of hydrogen-bond donors (Lipinski definition) is 1. The zero-order valence-corrected chi connectivity index (χ0v) is 14.1. The van der Waals surface area contributed by atoms with Gasteiger partial charge in [-0.2, -0.15) is 0 Å². The van der Waals surface area contributed by atoms with E-state index in [-0.39, 0.29) is 41.3 Å². The average Bonchev–Trinajstić information content (AvgIpc) is 2.38. The third kappa shape index (κ3) is 3.24. The first-order chi connectivity index (χ1) is 9.76. The van der Waals surface area contributed by atoms with Crippen LogP contribution in [-0.4, -0.2) is 34.8 Å². The summed E-state index contributed by atoms with van der Waals surface area (Å²) in [5.74, 6) is 0.301. The molecule has 1 aliphatic heterocycles. The van der Waals surface area contributed by atoms with Gasteiger partial charge in [-0.15, -0.1) is 0 Å². The van der Waals surface area contributed by atoms with Crippen LogP contribution in [0.3, 0.4) is 0 Å². The number of amides is 2. The molecule has 0 aromatic heterocycles. The van der Waals surface area contributed by atoms with Crippen molar-refractivity contribution < 1.29 is 9.59 Å². The van der Waals surface area contributed by atoms with Gasteiger partial charge in [-0.05, 0) is 37.0 Å². The molecule has 1 saturated carbocycles. The second-order valence-corrected chi connectivity index (χ2v) is 7.82. The van der Waals surface area contributed by atoms with Crippen molar-refractivity contribution in [1.29, 1.82) is 0 Å². The van der Waals surface area contributed by atoms with Gasteiger partial charge in [0.2, 0.25) is 11.8 Å². The standard InChI is InChI=1S/C17H30N2O2/c1-6-13-16(21)19(14(11(2)3)15(20)18-13)12-8-7-9-17(4,5)10-12/h11-14H,6-10H2,1-5H3,(H,18,20). The van der Waals surface area contributed by atoms with E-state index in [9.17, 15) is 9.59 Å². The lowest BCUT2D eigenvalue weighted by atomic mass is 9.74. The summed E-state index contributed by atoms with van der Waals surface area (Å²) < 4.78 is 0. The molecular weight excluding hydrogens is 264 g/mol. The normalized spacial score (nSPS) is 33.2. The highest BCUT2D eigenvalue weighted by molar-refractivity contribution is 5.97. The highest BCUT2D eigenvalue weighted by Crippen LogP contribution is 2.39. The minimum atomic E-state index is -0.336. The van der Waals surface area contributed by atoms with Crippen LogP contribution in [0.5, 0.6) is 0 Å². The fourth-order valence-electron chi connectivity index (χ4n) is 3.97. The van der Waals surface area contributed by atoms with Crippen molar-refractivity contribution >= 4 is 11.8 Å². The largest absolute Gasteiger partial charge is 0.343 e. The van der Waals surface area contributed by atoms with Crippen LogP contribution in [0.4, 0.5) is 0 Å². The number of piperazine rings is 1. The van der Waals surface area contributed by atoms with Gasteiger partial charge in [-0.25, -0.2) is 0 Å². The van der Waals surface area contributed by atoms with E-state index >= 15 is 0 Å². The van der Waals surface area contributed by atoms with E-state index in [2.05, 4.69) is 19.2 Å². The molecule has 1 saturated heterocycles. The molecule has 2 rings (SSSR count). The highest BCUT2D eigenvalue weighted by Gasteiger charge is 2.46. The summed E-state index contributed by atoms with van der Waals surface area (Å²) in [7, 11) is 0. The Morgan fingerprint density at radius 2 is 2.00 bits per heavy atom. The minimum absolute atomic E-state index is 0.0276. The van der Waals surface area contributed by atoms with Crippen molar-refractivity contribution in [3.8, 4) is 0 Å². The Kier molecular flexibility index (Phi) is 4.64. The Bertz CT molecular complexity index is 417. The molecule has 2 fully saturated rings. The van der Waals surface area contributed by atoms with Gasteiger partial charge < -0.3 is 10.2 Å². The Hall–Kier alpha value is -1.06. The van der Waals surface area contributed by atoms with Gasteiger partial charge >= 0.3 is 0 Å². The summed E-state index contributed by atoms with van der Waals surface area (Å²) in [5.41, 5.74) is 0.264.